The average molecular weight is 175 g/mol. The largest absolute Gasteiger partial charge is 0.460 e. The molecule has 12 heavy (non-hydrogen) atoms. The number of ether oxygens (including phenoxy) is 2. The lowest BCUT2D eigenvalue weighted by molar-refractivity contribution is -0.150. The molecule has 0 aromatic rings. The minimum atomic E-state index is -0.260. The van der Waals surface area contributed by atoms with Gasteiger partial charge in [0.15, 0.2) is 0 Å². The third-order valence-electron chi connectivity index (χ3n) is 1.24. The number of esters is 1. The van der Waals surface area contributed by atoms with Gasteiger partial charge in [0, 0.05) is 13.2 Å². The summed E-state index contributed by atoms with van der Waals surface area (Å²) in [5, 5.41) is 0. The summed E-state index contributed by atoms with van der Waals surface area (Å²) in [5.74, 6) is -0.260. The van der Waals surface area contributed by atoms with E-state index in [1.807, 2.05) is 6.92 Å². The topological polar surface area (TPSA) is 61.5 Å². The van der Waals surface area contributed by atoms with Gasteiger partial charge >= 0.3 is 5.97 Å². The van der Waals surface area contributed by atoms with Crippen LogP contribution in [-0.4, -0.2) is 31.8 Å². The highest BCUT2D eigenvalue weighted by molar-refractivity contribution is 5.69. The fourth-order valence-corrected chi connectivity index (χ4v) is 0.719. The summed E-state index contributed by atoms with van der Waals surface area (Å²) < 4.78 is 10.0. The van der Waals surface area contributed by atoms with E-state index in [9.17, 15) is 4.79 Å². The molecule has 0 aliphatic heterocycles. The van der Waals surface area contributed by atoms with Gasteiger partial charge in [0.1, 0.15) is 6.10 Å². The SMILES string of the molecule is CCOCC(C)OC(=O)CCN. The lowest BCUT2D eigenvalue weighted by Crippen LogP contribution is -2.21. The first-order valence-electron chi connectivity index (χ1n) is 4.18. The Kier molecular flexibility index (Phi) is 6.70. The van der Waals surface area contributed by atoms with E-state index in [-0.39, 0.29) is 18.5 Å². The number of nitrogens with two attached hydrogens (primary N) is 1. The standard InChI is InChI=1S/C8H17NO3/c1-3-11-6-7(2)12-8(10)4-5-9/h7H,3-6,9H2,1-2H3. The van der Waals surface area contributed by atoms with Crippen LogP contribution in [0.15, 0.2) is 0 Å². The molecule has 1 atom stereocenters. The van der Waals surface area contributed by atoms with Crippen LogP contribution in [0, 0.1) is 0 Å². The Labute approximate surface area is 73.0 Å². The predicted molar refractivity (Wildman–Crippen MR) is 45.7 cm³/mol. The minimum Gasteiger partial charge on any atom is -0.460 e. The first kappa shape index (κ1) is 11.4. The van der Waals surface area contributed by atoms with Gasteiger partial charge < -0.3 is 15.2 Å². The number of hydrogen-bond acceptors (Lipinski definition) is 4. The third-order valence-corrected chi connectivity index (χ3v) is 1.24. The van der Waals surface area contributed by atoms with Gasteiger partial charge in [0.25, 0.3) is 0 Å². The minimum absolute atomic E-state index is 0.177. The van der Waals surface area contributed by atoms with Gasteiger partial charge in [0.05, 0.1) is 13.0 Å². The number of carbonyl (C=O) groups is 1. The van der Waals surface area contributed by atoms with E-state index in [0.717, 1.165) is 0 Å². The van der Waals surface area contributed by atoms with Crippen LogP contribution >= 0.6 is 0 Å². The molecule has 4 heteroatoms. The molecule has 0 saturated carbocycles. The Morgan fingerprint density at radius 1 is 1.58 bits per heavy atom. The summed E-state index contributed by atoms with van der Waals surface area (Å²) in [6, 6.07) is 0. The molecule has 0 bridgehead atoms. The molecule has 0 aromatic carbocycles. The van der Waals surface area contributed by atoms with Crippen LogP contribution in [-0.2, 0) is 14.3 Å². The zero-order valence-electron chi connectivity index (χ0n) is 7.71. The number of rotatable bonds is 6. The van der Waals surface area contributed by atoms with Gasteiger partial charge in [-0.1, -0.05) is 0 Å². The van der Waals surface area contributed by atoms with Crippen LogP contribution in [0.2, 0.25) is 0 Å². The van der Waals surface area contributed by atoms with Gasteiger partial charge in [-0.3, -0.25) is 4.79 Å². The van der Waals surface area contributed by atoms with Gasteiger partial charge in [-0.05, 0) is 13.8 Å². The Morgan fingerprint density at radius 2 is 2.25 bits per heavy atom. The highest BCUT2D eigenvalue weighted by Gasteiger charge is 2.07. The molecule has 0 fully saturated rings. The van der Waals surface area contributed by atoms with Gasteiger partial charge in [-0.25, -0.2) is 0 Å². The lowest BCUT2D eigenvalue weighted by Gasteiger charge is -2.12. The second kappa shape index (κ2) is 7.06. The summed E-state index contributed by atoms with van der Waals surface area (Å²) in [6.07, 6.45) is 0.0974. The van der Waals surface area contributed by atoms with E-state index >= 15 is 0 Å². The Hall–Kier alpha value is -0.610. The molecule has 0 aromatic heterocycles. The summed E-state index contributed by atoms with van der Waals surface area (Å²) in [4.78, 5) is 10.9. The molecule has 0 radical (unpaired) electrons. The monoisotopic (exact) mass is 175 g/mol. The summed E-state index contributed by atoms with van der Waals surface area (Å²) in [5.41, 5.74) is 5.17. The molecular formula is C8H17NO3. The Morgan fingerprint density at radius 3 is 2.75 bits per heavy atom. The maximum Gasteiger partial charge on any atom is 0.307 e. The maximum atomic E-state index is 10.9. The van der Waals surface area contributed by atoms with Gasteiger partial charge in [-0.15, -0.1) is 0 Å². The lowest BCUT2D eigenvalue weighted by atomic mass is 10.4. The van der Waals surface area contributed by atoms with Crippen LogP contribution in [0.3, 0.4) is 0 Å². The van der Waals surface area contributed by atoms with Crippen molar-refractivity contribution in [2.24, 2.45) is 5.73 Å². The summed E-state index contributed by atoms with van der Waals surface area (Å²) in [7, 11) is 0. The summed E-state index contributed by atoms with van der Waals surface area (Å²) >= 11 is 0. The van der Waals surface area contributed by atoms with Crippen molar-refractivity contribution < 1.29 is 14.3 Å². The predicted octanol–water partition coefficient (Wildman–Crippen LogP) is 0.303. The smallest absolute Gasteiger partial charge is 0.307 e. The highest BCUT2D eigenvalue weighted by atomic mass is 16.6. The zero-order chi connectivity index (χ0) is 9.40. The Balaban J connectivity index is 3.40. The normalized spacial score (nSPS) is 12.6. The van der Waals surface area contributed by atoms with E-state index < -0.39 is 0 Å². The van der Waals surface area contributed by atoms with Crippen molar-refractivity contribution in [3.63, 3.8) is 0 Å². The van der Waals surface area contributed by atoms with E-state index in [1.54, 1.807) is 6.92 Å². The third kappa shape index (κ3) is 6.12. The Bertz CT molecular complexity index is 127. The average Bonchev–Trinajstić information content (AvgIpc) is 2.01. The molecule has 0 amide bonds. The molecule has 72 valence electrons. The van der Waals surface area contributed by atoms with E-state index in [0.29, 0.717) is 19.8 Å². The van der Waals surface area contributed by atoms with Gasteiger partial charge in [-0.2, -0.15) is 0 Å². The van der Waals surface area contributed by atoms with Crippen LogP contribution in [0.5, 0.6) is 0 Å². The number of hydrogen-bond donors (Lipinski definition) is 1. The van der Waals surface area contributed by atoms with Crippen molar-refractivity contribution >= 4 is 5.97 Å². The van der Waals surface area contributed by atoms with E-state index in [4.69, 9.17) is 15.2 Å². The van der Waals surface area contributed by atoms with E-state index in [1.165, 1.54) is 0 Å². The number of carbonyl (C=O) groups excluding carboxylic acids is 1. The molecule has 0 spiro atoms. The molecule has 2 N–H and O–H groups in total. The van der Waals surface area contributed by atoms with Crippen molar-refractivity contribution in [2.75, 3.05) is 19.8 Å². The molecule has 0 heterocycles. The first-order valence-corrected chi connectivity index (χ1v) is 4.18. The fraction of sp³-hybridized carbons (Fsp3) is 0.875. The molecule has 4 nitrogen and oxygen atoms in total. The first-order chi connectivity index (χ1) is 5.70. The molecule has 1 unspecified atom stereocenters. The van der Waals surface area contributed by atoms with Crippen molar-refractivity contribution in [3.05, 3.63) is 0 Å². The van der Waals surface area contributed by atoms with Crippen molar-refractivity contribution in [1.82, 2.24) is 0 Å². The fourth-order valence-electron chi connectivity index (χ4n) is 0.719. The maximum absolute atomic E-state index is 10.9. The van der Waals surface area contributed by atoms with Crippen LogP contribution < -0.4 is 5.73 Å². The summed E-state index contributed by atoms with van der Waals surface area (Å²) in [6.45, 7) is 5.12. The van der Waals surface area contributed by atoms with E-state index in [2.05, 4.69) is 0 Å². The highest BCUT2D eigenvalue weighted by Crippen LogP contribution is 1.94. The van der Waals surface area contributed by atoms with Gasteiger partial charge in [0.2, 0.25) is 0 Å². The molecule has 0 aliphatic carbocycles. The van der Waals surface area contributed by atoms with Crippen LogP contribution in [0.4, 0.5) is 0 Å². The van der Waals surface area contributed by atoms with Crippen molar-refractivity contribution in [1.29, 1.82) is 0 Å². The quantitative estimate of drug-likeness (QED) is 0.590. The molecule has 0 saturated heterocycles. The molecule has 0 rings (SSSR count). The van der Waals surface area contributed by atoms with Crippen LogP contribution in [0.25, 0.3) is 0 Å². The zero-order valence-corrected chi connectivity index (χ0v) is 7.71. The van der Waals surface area contributed by atoms with Crippen LogP contribution in [0.1, 0.15) is 20.3 Å². The van der Waals surface area contributed by atoms with Crippen molar-refractivity contribution in [2.45, 2.75) is 26.4 Å². The molecule has 0 aliphatic rings. The van der Waals surface area contributed by atoms with Crippen molar-refractivity contribution in [3.8, 4) is 0 Å². The molecular weight excluding hydrogens is 158 g/mol. The second-order valence-electron chi connectivity index (χ2n) is 2.50. The second-order valence-corrected chi connectivity index (χ2v) is 2.50.